The average molecular weight is 246 g/mol. The van der Waals surface area contributed by atoms with Crippen molar-refractivity contribution in [3.8, 4) is 0 Å². The van der Waals surface area contributed by atoms with E-state index in [0.717, 1.165) is 25.9 Å². The SMILES string of the molecule is CN(C)CC(=O)N1CCC(c2ccccc2)CC1. The van der Waals surface area contributed by atoms with Crippen LogP contribution in [-0.2, 0) is 4.79 Å². The fourth-order valence-corrected chi connectivity index (χ4v) is 2.56. The van der Waals surface area contributed by atoms with E-state index in [0.29, 0.717) is 12.5 Å². The maximum Gasteiger partial charge on any atom is 0.236 e. The third-order valence-electron chi connectivity index (χ3n) is 3.57. The van der Waals surface area contributed by atoms with E-state index < -0.39 is 0 Å². The Bertz CT molecular complexity index is 381. The van der Waals surface area contributed by atoms with Crippen LogP contribution in [0.4, 0.5) is 0 Å². The Kier molecular flexibility index (Phi) is 4.37. The number of nitrogens with zero attached hydrogens (tertiary/aromatic N) is 2. The van der Waals surface area contributed by atoms with Gasteiger partial charge in [-0.25, -0.2) is 0 Å². The van der Waals surface area contributed by atoms with E-state index in [1.165, 1.54) is 5.56 Å². The van der Waals surface area contributed by atoms with Gasteiger partial charge < -0.3 is 9.80 Å². The summed E-state index contributed by atoms with van der Waals surface area (Å²) in [5.74, 6) is 0.876. The molecule has 0 unspecified atom stereocenters. The van der Waals surface area contributed by atoms with Gasteiger partial charge in [0.2, 0.25) is 5.91 Å². The van der Waals surface area contributed by atoms with Crippen molar-refractivity contribution in [1.82, 2.24) is 9.80 Å². The van der Waals surface area contributed by atoms with Crippen molar-refractivity contribution in [2.45, 2.75) is 18.8 Å². The second-order valence-electron chi connectivity index (χ2n) is 5.30. The highest BCUT2D eigenvalue weighted by Gasteiger charge is 2.23. The zero-order valence-electron chi connectivity index (χ0n) is 11.3. The number of amides is 1. The van der Waals surface area contributed by atoms with Gasteiger partial charge in [-0.05, 0) is 38.4 Å². The van der Waals surface area contributed by atoms with Gasteiger partial charge in [0.15, 0.2) is 0 Å². The number of hydrogen-bond acceptors (Lipinski definition) is 2. The number of likely N-dealkylation sites (tertiary alicyclic amines) is 1. The summed E-state index contributed by atoms with van der Waals surface area (Å²) < 4.78 is 0. The van der Waals surface area contributed by atoms with Gasteiger partial charge in [-0.15, -0.1) is 0 Å². The Labute approximate surface area is 109 Å². The maximum absolute atomic E-state index is 11.9. The Morgan fingerprint density at radius 1 is 1.22 bits per heavy atom. The van der Waals surface area contributed by atoms with Gasteiger partial charge in [-0.1, -0.05) is 30.3 Å². The lowest BCUT2D eigenvalue weighted by Gasteiger charge is -2.33. The van der Waals surface area contributed by atoms with Crippen molar-refractivity contribution in [2.75, 3.05) is 33.7 Å². The van der Waals surface area contributed by atoms with Crippen LogP contribution in [0.1, 0.15) is 24.3 Å². The molecule has 2 rings (SSSR count). The van der Waals surface area contributed by atoms with E-state index in [9.17, 15) is 4.79 Å². The van der Waals surface area contributed by atoms with Gasteiger partial charge >= 0.3 is 0 Å². The van der Waals surface area contributed by atoms with Crippen molar-refractivity contribution in [3.63, 3.8) is 0 Å². The number of carbonyl (C=O) groups excluding carboxylic acids is 1. The molecular weight excluding hydrogens is 224 g/mol. The number of hydrogen-bond donors (Lipinski definition) is 0. The van der Waals surface area contributed by atoms with Crippen LogP contribution < -0.4 is 0 Å². The summed E-state index contributed by atoms with van der Waals surface area (Å²) in [5, 5.41) is 0. The maximum atomic E-state index is 11.9. The summed E-state index contributed by atoms with van der Waals surface area (Å²) in [6.45, 7) is 2.31. The van der Waals surface area contributed by atoms with E-state index in [2.05, 4.69) is 30.3 Å². The zero-order valence-corrected chi connectivity index (χ0v) is 11.3. The smallest absolute Gasteiger partial charge is 0.236 e. The highest BCUT2D eigenvalue weighted by atomic mass is 16.2. The average Bonchev–Trinajstić information content (AvgIpc) is 2.39. The lowest BCUT2D eigenvalue weighted by molar-refractivity contribution is -0.132. The Morgan fingerprint density at radius 3 is 2.39 bits per heavy atom. The molecule has 1 aliphatic rings. The summed E-state index contributed by atoms with van der Waals surface area (Å²) in [6.07, 6.45) is 2.17. The second kappa shape index (κ2) is 6.01. The molecule has 0 saturated carbocycles. The van der Waals surface area contributed by atoms with E-state index >= 15 is 0 Å². The highest BCUT2D eigenvalue weighted by Crippen LogP contribution is 2.27. The minimum atomic E-state index is 0.256. The molecular formula is C15H22N2O. The van der Waals surface area contributed by atoms with E-state index in [1.54, 1.807) is 0 Å². The molecule has 1 aromatic rings. The van der Waals surface area contributed by atoms with Gasteiger partial charge in [0.05, 0.1) is 6.54 Å². The molecule has 1 amide bonds. The van der Waals surface area contributed by atoms with Crippen LogP contribution in [0.15, 0.2) is 30.3 Å². The predicted molar refractivity (Wildman–Crippen MR) is 73.6 cm³/mol. The molecule has 1 saturated heterocycles. The molecule has 0 atom stereocenters. The van der Waals surface area contributed by atoms with Crippen molar-refractivity contribution in [1.29, 1.82) is 0 Å². The predicted octanol–water partition coefficient (Wildman–Crippen LogP) is 1.95. The number of piperidine rings is 1. The molecule has 0 bridgehead atoms. The third kappa shape index (κ3) is 3.33. The fraction of sp³-hybridized carbons (Fsp3) is 0.533. The standard InChI is InChI=1S/C15H22N2O/c1-16(2)12-15(18)17-10-8-14(9-11-17)13-6-4-3-5-7-13/h3-7,14H,8-12H2,1-2H3. The molecule has 0 N–H and O–H groups in total. The zero-order chi connectivity index (χ0) is 13.0. The summed E-state index contributed by atoms with van der Waals surface area (Å²) >= 11 is 0. The molecule has 1 heterocycles. The van der Waals surface area contributed by atoms with Crippen LogP contribution >= 0.6 is 0 Å². The first kappa shape index (κ1) is 13.1. The van der Waals surface area contributed by atoms with E-state index in [4.69, 9.17) is 0 Å². The minimum absolute atomic E-state index is 0.256. The van der Waals surface area contributed by atoms with Crippen molar-refractivity contribution < 1.29 is 4.79 Å². The van der Waals surface area contributed by atoms with Crippen LogP contribution in [0.5, 0.6) is 0 Å². The largest absolute Gasteiger partial charge is 0.342 e. The molecule has 1 fully saturated rings. The molecule has 0 radical (unpaired) electrons. The second-order valence-corrected chi connectivity index (χ2v) is 5.30. The van der Waals surface area contributed by atoms with Crippen molar-refractivity contribution >= 4 is 5.91 Å². The van der Waals surface area contributed by atoms with Crippen LogP contribution in [0, 0.1) is 0 Å². The third-order valence-corrected chi connectivity index (χ3v) is 3.57. The number of carbonyl (C=O) groups is 1. The summed E-state index contributed by atoms with van der Waals surface area (Å²) in [4.78, 5) is 15.9. The van der Waals surface area contributed by atoms with Gasteiger partial charge in [0, 0.05) is 13.1 Å². The van der Waals surface area contributed by atoms with Crippen LogP contribution in [0.25, 0.3) is 0 Å². The Balaban J connectivity index is 1.87. The van der Waals surface area contributed by atoms with Crippen LogP contribution in [0.2, 0.25) is 0 Å². The first-order chi connectivity index (χ1) is 8.66. The first-order valence-corrected chi connectivity index (χ1v) is 6.64. The molecule has 3 heteroatoms. The van der Waals surface area contributed by atoms with Gasteiger partial charge in [0.1, 0.15) is 0 Å². The van der Waals surface area contributed by atoms with Crippen molar-refractivity contribution in [2.24, 2.45) is 0 Å². The molecule has 0 aromatic heterocycles. The van der Waals surface area contributed by atoms with Gasteiger partial charge in [-0.3, -0.25) is 4.79 Å². The molecule has 18 heavy (non-hydrogen) atoms. The van der Waals surface area contributed by atoms with Crippen molar-refractivity contribution in [3.05, 3.63) is 35.9 Å². The molecule has 1 aliphatic heterocycles. The minimum Gasteiger partial charge on any atom is -0.342 e. The highest BCUT2D eigenvalue weighted by molar-refractivity contribution is 5.78. The summed E-state index contributed by atoms with van der Waals surface area (Å²) in [6, 6.07) is 10.6. The Morgan fingerprint density at radius 2 is 1.83 bits per heavy atom. The summed E-state index contributed by atoms with van der Waals surface area (Å²) in [7, 11) is 3.88. The molecule has 0 aliphatic carbocycles. The molecule has 1 aromatic carbocycles. The molecule has 0 spiro atoms. The lowest BCUT2D eigenvalue weighted by Crippen LogP contribution is -2.42. The van der Waals surface area contributed by atoms with Gasteiger partial charge in [-0.2, -0.15) is 0 Å². The van der Waals surface area contributed by atoms with E-state index in [1.807, 2.05) is 23.9 Å². The number of rotatable bonds is 3. The lowest BCUT2D eigenvalue weighted by atomic mass is 9.89. The number of likely N-dealkylation sites (N-methyl/N-ethyl adjacent to an activating group) is 1. The monoisotopic (exact) mass is 246 g/mol. The van der Waals surface area contributed by atoms with Crippen LogP contribution in [0.3, 0.4) is 0 Å². The number of benzene rings is 1. The topological polar surface area (TPSA) is 23.6 Å². The summed E-state index contributed by atoms with van der Waals surface area (Å²) in [5.41, 5.74) is 1.41. The van der Waals surface area contributed by atoms with Crippen LogP contribution in [-0.4, -0.2) is 49.4 Å². The van der Waals surface area contributed by atoms with E-state index in [-0.39, 0.29) is 5.91 Å². The molecule has 98 valence electrons. The van der Waals surface area contributed by atoms with Gasteiger partial charge in [0.25, 0.3) is 0 Å². The Hall–Kier alpha value is -1.35. The fourth-order valence-electron chi connectivity index (χ4n) is 2.56. The normalized spacial score (nSPS) is 17.2. The molecule has 3 nitrogen and oxygen atoms in total. The quantitative estimate of drug-likeness (QED) is 0.814. The first-order valence-electron chi connectivity index (χ1n) is 6.64.